The zero-order chi connectivity index (χ0) is 27.4. The number of carbonyl (C=O) groups is 3. The maximum atomic E-state index is 12.8. The second-order valence-electron chi connectivity index (χ2n) is 8.92. The minimum Gasteiger partial charge on any atom is -0.462 e. The van der Waals surface area contributed by atoms with Crippen LogP contribution in [-0.4, -0.2) is 45.5 Å². The first-order valence-electron chi connectivity index (χ1n) is 12.4. The third kappa shape index (κ3) is 6.21. The van der Waals surface area contributed by atoms with Crippen LogP contribution < -0.4 is 5.32 Å². The molecule has 2 atom stereocenters. The first-order valence-corrected chi connectivity index (χ1v) is 13.7. The van der Waals surface area contributed by atoms with Gasteiger partial charge in [-0.2, -0.15) is 10.1 Å². The van der Waals surface area contributed by atoms with Crippen LogP contribution in [0.25, 0.3) is 0 Å². The van der Waals surface area contributed by atoms with Crippen molar-refractivity contribution in [3.05, 3.63) is 101 Å². The lowest BCUT2D eigenvalue weighted by atomic mass is 9.99. The Morgan fingerprint density at radius 3 is 2.46 bits per heavy atom. The Morgan fingerprint density at radius 2 is 1.77 bits per heavy atom. The first kappa shape index (κ1) is 26.6. The van der Waals surface area contributed by atoms with Crippen molar-refractivity contribution in [2.24, 2.45) is 10.1 Å². The van der Waals surface area contributed by atoms with E-state index in [9.17, 15) is 14.4 Å². The van der Waals surface area contributed by atoms with Crippen molar-refractivity contribution in [1.29, 1.82) is 0 Å². The molecule has 1 N–H and O–H groups in total. The molecule has 0 aromatic heterocycles. The minimum atomic E-state index is -0.666. The number of hydrogen-bond acceptors (Lipinski definition) is 7. The Labute approximate surface area is 235 Å². The number of anilines is 1. The molecule has 0 bridgehead atoms. The Morgan fingerprint density at radius 1 is 1.05 bits per heavy atom. The largest absolute Gasteiger partial charge is 0.462 e. The molecule has 0 saturated carbocycles. The number of ether oxygens (including phenoxy) is 1. The molecule has 0 unspecified atom stereocenters. The molecule has 2 amide bonds. The van der Waals surface area contributed by atoms with Gasteiger partial charge in [-0.3, -0.25) is 9.59 Å². The van der Waals surface area contributed by atoms with Crippen molar-refractivity contribution >= 4 is 57.7 Å². The van der Waals surface area contributed by atoms with Gasteiger partial charge in [-0.05, 0) is 54.4 Å². The van der Waals surface area contributed by atoms with Crippen LogP contribution in [0.15, 0.2) is 89.0 Å². The minimum absolute atomic E-state index is 0.0508. The predicted molar refractivity (Wildman–Crippen MR) is 153 cm³/mol. The normalized spacial score (nSPS) is 18.5. The van der Waals surface area contributed by atoms with E-state index in [0.717, 1.165) is 16.8 Å². The first-order chi connectivity index (χ1) is 18.9. The number of rotatable bonds is 7. The molecule has 3 aromatic carbocycles. The predicted octanol–water partition coefficient (Wildman–Crippen LogP) is 5.69. The van der Waals surface area contributed by atoms with E-state index >= 15 is 0 Å². The highest BCUT2D eigenvalue weighted by Gasteiger charge is 2.39. The molecule has 8 nitrogen and oxygen atoms in total. The van der Waals surface area contributed by atoms with Crippen LogP contribution in [0.2, 0.25) is 5.02 Å². The highest BCUT2D eigenvalue weighted by Crippen LogP contribution is 2.38. The average Bonchev–Trinajstić information content (AvgIpc) is 3.54. The molecule has 0 spiro atoms. The summed E-state index contributed by atoms with van der Waals surface area (Å²) in [6.45, 7) is 2.02. The van der Waals surface area contributed by atoms with Gasteiger partial charge in [0.1, 0.15) is 5.25 Å². The molecule has 10 heteroatoms. The van der Waals surface area contributed by atoms with Gasteiger partial charge in [0.05, 0.1) is 23.9 Å². The van der Waals surface area contributed by atoms with Crippen molar-refractivity contribution in [2.45, 2.75) is 31.1 Å². The molecule has 2 heterocycles. The van der Waals surface area contributed by atoms with Gasteiger partial charge >= 0.3 is 5.97 Å². The number of hydrazone groups is 1. The van der Waals surface area contributed by atoms with Gasteiger partial charge in [0.15, 0.2) is 5.17 Å². The van der Waals surface area contributed by atoms with Gasteiger partial charge in [0.25, 0.3) is 5.91 Å². The zero-order valence-corrected chi connectivity index (χ0v) is 22.6. The van der Waals surface area contributed by atoms with Crippen LogP contribution in [0.1, 0.15) is 47.3 Å². The fourth-order valence-corrected chi connectivity index (χ4v) is 5.51. The van der Waals surface area contributed by atoms with E-state index < -0.39 is 11.2 Å². The van der Waals surface area contributed by atoms with Crippen LogP contribution in [0.5, 0.6) is 0 Å². The maximum absolute atomic E-state index is 12.8. The molecule has 5 rings (SSSR count). The summed E-state index contributed by atoms with van der Waals surface area (Å²) in [6, 6.07) is 23.7. The molecule has 0 aliphatic carbocycles. The smallest absolute Gasteiger partial charge is 0.338 e. The summed E-state index contributed by atoms with van der Waals surface area (Å²) in [7, 11) is 0. The Hall–Kier alpha value is -3.95. The van der Waals surface area contributed by atoms with Crippen LogP contribution in [0, 0.1) is 0 Å². The van der Waals surface area contributed by atoms with Crippen LogP contribution in [-0.2, 0) is 14.3 Å². The standard InChI is InChI=1S/C29H25ClN4O4S/c1-2-38-28(37)20-10-14-22(15-11-20)31-26(35)17-25-27(36)32-29(39-25)34-24(19-8-12-21(30)13-9-19)16-23(33-34)18-6-4-3-5-7-18/h3-15,24-25H,2,16-17H2,1H3,(H,31,35)/t24-,25+/m1/s1. The summed E-state index contributed by atoms with van der Waals surface area (Å²) in [4.78, 5) is 41.7. The van der Waals surface area contributed by atoms with Gasteiger partial charge in [0, 0.05) is 23.6 Å². The zero-order valence-electron chi connectivity index (χ0n) is 21.0. The van der Waals surface area contributed by atoms with E-state index in [2.05, 4.69) is 10.3 Å². The second kappa shape index (κ2) is 11.8. The number of amidine groups is 1. The third-order valence-corrected chi connectivity index (χ3v) is 7.64. The third-order valence-electron chi connectivity index (χ3n) is 6.25. The van der Waals surface area contributed by atoms with Gasteiger partial charge in [-0.25, -0.2) is 9.80 Å². The van der Waals surface area contributed by atoms with E-state index in [-0.39, 0.29) is 30.9 Å². The van der Waals surface area contributed by atoms with E-state index in [1.54, 1.807) is 36.2 Å². The fraction of sp³-hybridized carbons (Fsp3) is 0.207. The number of carbonyl (C=O) groups excluding carboxylic acids is 3. The molecule has 2 aliphatic heterocycles. The van der Waals surface area contributed by atoms with Crippen molar-refractivity contribution < 1.29 is 19.1 Å². The Bertz CT molecular complexity index is 1440. The summed E-state index contributed by atoms with van der Waals surface area (Å²) in [6.07, 6.45) is 0.581. The number of amides is 2. The average molecular weight is 561 g/mol. The lowest BCUT2D eigenvalue weighted by molar-refractivity contribution is -0.121. The summed E-state index contributed by atoms with van der Waals surface area (Å²) in [5.74, 6) is -1.13. The van der Waals surface area contributed by atoms with Crippen LogP contribution >= 0.6 is 23.4 Å². The van der Waals surface area contributed by atoms with E-state index in [1.165, 1.54) is 11.8 Å². The SMILES string of the molecule is CCOC(=O)c1ccc(NC(=O)C[C@@H]2SC(N3N=C(c4ccccc4)C[C@@H]3c3ccc(Cl)cc3)=NC2=O)cc1. The molecule has 0 radical (unpaired) electrons. The maximum Gasteiger partial charge on any atom is 0.338 e. The van der Waals surface area contributed by atoms with Crippen molar-refractivity contribution in [1.82, 2.24) is 5.01 Å². The number of nitrogens with one attached hydrogen (secondary N) is 1. The quantitative estimate of drug-likeness (QED) is 0.372. The number of esters is 1. The Balaban J connectivity index is 1.28. The topological polar surface area (TPSA) is 100 Å². The van der Waals surface area contributed by atoms with E-state index in [0.29, 0.717) is 27.9 Å². The van der Waals surface area contributed by atoms with E-state index in [1.807, 2.05) is 54.6 Å². The molecule has 2 aliphatic rings. The molecular weight excluding hydrogens is 536 g/mol. The summed E-state index contributed by atoms with van der Waals surface area (Å²) < 4.78 is 4.98. The number of thioether (sulfide) groups is 1. The highest BCUT2D eigenvalue weighted by molar-refractivity contribution is 8.15. The van der Waals surface area contributed by atoms with E-state index in [4.69, 9.17) is 21.4 Å². The van der Waals surface area contributed by atoms with Crippen molar-refractivity contribution in [3.8, 4) is 0 Å². The second-order valence-corrected chi connectivity index (χ2v) is 10.5. The molecule has 0 saturated heterocycles. The van der Waals surface area contributed by atoms with Crippen molar-refractivity contribution in [2.75, 3.05) is 11.9 Å². The van der Waals surface area contributed by atoms with Crippen molar-refractivity contribution in [3.63, 3.8) is 0 Å². The monoisotopic (exact) mass is 560 g/mol. The number of benzene rings is 3. The number of aliphatic imine (C=N–C) groups is 1. The van der Waals surface area contributed by atoms with Gasteiger partial charge in [-0.15, -0.1) is 0 Å². The molecule has 198 valence electrons. The molecule has 39 heavy (non-hydrogen) atoms. The highest BCUT2D eigenvalue weighted by atomic mass is 35.5. The number of nitrogens with zero attached hydrogens (tertiary/aromatic N) is 3. The molecular formula is C29H25ClN4O4S. The summed E-state index contributed by atoms with van der Waals surface area (Å²) in [5.41, 5.74) is 3.80. The lowest BCUT2D eigenvalue weighted by Crippen LogP contribution is -2.25. The number of hydrogen-bond donors (Lipinski definition) is 1. The van der Waals surface area contributed by atoms with Gasteiger partial charge in [0.2, 0.25) is 5.91 Å². The Kier molecular flexibility index (Phi) is 8.09. The molecule has 3 aromatic rings. The van der Waals surface area contributed by atoms with Crippen LogP contribution in [0.4, 0.5) is 5.69 Å². The van der Waals surface area contributed by atoms with Crippen LogP contribution in [0.3, 0.4) is 0 Å². The van der Waals surface area contributed by atoms with Gasteiger partial charge in [-0.1, -0.05) is 65.8 Å². The fourth-order valence-electron chi connectivity index (χ4n) is 4.33. The van der Waals surface area contributed by atoms with Gasteiger partial charge < -0.3 is 10.1 Å². The number of halogens is 1. The summed E-state index contributed by atoms with van der Waals surface area (Å²) in [5, 5.41) is 9.83. The summed E-state index contributed by atoms with van der Waals surface area (Å²) >= 11 is 7.35. The molecule has 0 fully saturated rings. The lowest BCUT2D eigenvalue weighted by Gasteiger charge is -2.23.